The monoisotopic (exact) mass is 292 g/mol. The van der Waals surface area contributed by atoms with E-state index in [0.29, 0.717) is 6.54 Å². The Morgan fingerprint density at radius 3 is 2.67 bits per heavy atom. The molecule has 0 bridgehead atoms. The average molecular weight is 292 g/mol. The topological polar surface area (TPSA) is 64.8 Å². The van der Waals surface area contributed by atoms with Gasteiger partial charge in [0.15, 0.2) is 5.54 Å². The molecule has 116 valence electrons. The number of esters is 1. The van der Waals surface area contributed by atoms with Crippen molar-refractivity contribution in [1.29, 1.82) is 0 Å². The van der Waals surface area contributed by atoms with Gasteiger partial charge in [-0.3, -0.25) is 4.90 Å². The molecule has 1 aromatic rings. The molecule has 1 aliphatic heterocycles. The van der Waals surface area contributed by atoms with Crippen molar-refractivity contribution >= 4 is 5.97 Å². The van der Waals surface area contributed by atoms with Crippen molar-refractivity contribution < 1.29 is 14.3 Å². The van der Waals surface area contributed by atoms with E-state index in [4.69, 9.17) is 15.2 Å². The number of nitrogens with zero attached hydrogens (tertiary/aromatic N) is 1. The molecule has 0 saturated carbocycles. The summed E-state index contributed by atoms with van der Waals surface area (Å²) in [6.07, 6.45) is 1.09. The molecule has 0 radical (unpaired) electrons. The van der Waals surface area contributed by atoms with Gasteiger partial charge in [0.1, 0.15) is 0 Å². The molecule has 21 heavy (non-hydrogen) atoms. The van der Waals surface area contributed by atoms with Crippen molar-refractivity contribution in [2.45, 2.75) is 31.0 Å². The number of carbonyl (C=O) groups excluding carboxylic acids is 1. The highest BCUT2D eigenvalue weighted by Crippen LogP contribution is 2.25. The van der Waals surface area contributed by atoms with Crippen LogP contribution in [0.1, 0.15) is 18.9 Å². The molecule has 1 aliphatic rings. The highest BCUT2D eigenvalue weighted by atomic mass is 16.5. The second-order valence-corrected chi connectivity index (χ2v) is 5.68. The Morgan fingerprint density at radius 2 is 2.14 bits per heavy atom. The van der Waals surface area contributed by atoms with Crippen LogP contribution in [0.3, 0.4) is 0 Å². The Hall–Kier alpha value is -1.43. The Kier molecular flexibility index (Phi) is 4.98. The van der Waals surface area contributed by atoms with Crippen molar-refractivity contribution in [1.82, 2.24) is 4.90 Å². The molecule has 2 N–H and O–H groups in total. The second kappa shape index (κ2) is 6.56. The van der Waals surface area contributed by atoms with Gasteiger partial charge in [0.2, 0.25) is 0 Å². The second-order valence-electron chi connectivity index (χ2n) is 5.68. The van der Waals surface area contributed by atoms with Gasteiger partial charge in [-0.1, -0.05) is 30.3 Å². The van der Waals surface area contributed by atoms with E-state index in [1.807, 2.05) is 44.3 Å². The summed E-state index contributed by atoms with van der Waals surface area (Å²) in [6, 6.07) is 9.64. The molecule has 2 rings (SSSR count). The van der Waals surface area contributed by atoms with Crippen LogP contribution < -0.4 is 5.73 Å². The van der Waals surface area contributed by atoms with E-state index in [-0.39, 0.29) is 12.1 Å². The molecular formula is C16H24N2O3. The summed E-state index contributed by atoms with van der Waals surface area (Å²) in [5, 5.41) is 0. The van der Waals surface area contributed by atoms with E-state index >= 15 is 0 Å². The normalized spacial score (nSPS) is 24.8. The van der Waals surface area contributed by atoms with Crippen LogP contribution >= 0.6 is 0 Å². The minimum atomic E-state index is -1.17. The van der Waals surface area contributed by atoms with Gasteiger partial charge < -0.3 is 15.2 Å². The Morgan fingerprint density at radius 1 is 1.48 bits per heavy atom. The van der Waals surface area contributed by atoms with Gasteiger partial charge >= 0.3 is 5.97 Å². The molecular weight excluding hydrogens is 268 g/mol. The maximum atomic E-state index is 12.3. The van der Waals surface area contributed by atoms with Gasteiger partial charge in [0, 0.05) is 19.2 Å². The van der Waals surface area contributed by atoms with Crippen LogP contribution in [0.5, 0.6) is 0 Å². The van der Waals surface area contributed by atoms with E-state index in [2.05, 4.69) is 4.90 Å². The number of benzene rings is 1. The molecule has 1 heterocycles. The van der Waals surface area contributed by atoms with Crippen LogP contribution in [0.15, 0.2) is 30.3 Å². The lowest BCUT2D eigenvalue weighted by Crippen LogP contribution is -2.55. The van der Waals surface area contributed by atoms with E-state index in [0.717, 1.165) is 18.6 Å². The maximum Gasteiger partial charge on any atom is 0.331 e. The average Bonchev–Trinajstić information content (AvgIpc) is 2.93. The summed E-state index contributed by atoms with van der Waals surface area (Å²) in [7, 11) is 3.34. The smallest absolute Gasteiger partial charge is 0.331 e. The fourth-order valence-electron chi connectivity index (χ4n) is 3.00. The third-order valence-corrected chi connectivity index (χ3v) is 4.24. The predicted octanol–water partition coefficient (Wildman–Crippen LogP) is 1.12. The number of hydrogen-bond donors (Lipinski definition) is 1. The van der Waals surface area contributed by atoms with Crippen LogP contribution in [0.2, 0.25) is 0 Å². The van der Waals surface area contributed by atoms with Gasteiger partial charge in [-0.25, -0.2) is 4.79 Å². The lowest BCUT2D eigenvalue weighted by Gasteiger charge is -2.35. The van der Waals surface area contributed by atoms with E-state index < -0.39 is 11.5 Å². The summed E-state index contributed by atoms with van der Waals surface area (Å²) >= 11 is 0. The van der Waals surface area contributed by atoms with Crippen LogP contribution in [0.25, 0.3) is 0 Å². The molecule has 5 nitrogen and oxygen atoms in total. The molecule has 1 fully saturated rings. The highest BCUT2D eigenvalue weighted by molar-refractivity contribution is 5.82. The van der Waals surface area contributed by atoms with Crippen molar-refractivity contribution in [2.75, 3.05) is 27.3 Å². The molecule has 3 atom stereocenters. The molecule has 0 aliphatic carbocycles. The minimum Gasteiger partial charge on any atom is -0.467 e. The van der Waals surface area contributed by atoms with Crippen molar-refractivity contribution in [3.63, 3.8) is 0 Å². The number of hydrogen-bond acceptors (Lipinski definition) is 5. The summed E-state index contributed by atoms with van der Waals surface area (Å²) in [4.78, 5) is 14.4. The zero-order valence-electron chi connectivity index (χ0n) is 12.9. The summed E-state index contributed by atoms with van der Waals surface area (Å²) in [6.45, 7) is 3.19. The van der Waals surface area contributed by atoms with Gasteiger partial charge in [0.25, 0.3) is 0 Å². The van der Waals surface area contributed by atoms with Crippen LogP contribution in [-0.2, 0) is 19.8 Å². The molecule has 0 aromatic heterocycles. The van der Waals surface area contributed by atoms with Crippen molar-refractivity contribution in [3.8, 4) is 0 Å². The number of methoxy groups -OCH3 is 1. The Balaban J connectivity index is 2.23. The zero-order chi connectivity index (χ0) is 15.5. The van der Waals surface area contributed by atoms with Crippen LogP contribution in [-0.4, -0.2) is 50.3 Å². The molecule has 0 spiro atoms. The first-order valence-electron chi connectivity index (χ1n) is 7.23. The fraction of sp³-hybridized carbons (Fsp3) is 0.562. The van der Waals surface area contributed by atoms with Gasteiger partial charge in [-0.05, 0) is 26.0 Å². The Labute approximate surface area is 126 Å². The number of nitrogens with two attached hydrogens (primary N) is 1. The summed E-state index contributed by atoms with van der Waals surface area (Å²) in [5.41, 5.74) is 6.02. The third-order valence-electron chi connectivity index (χ3n) is 4.24. The van der Waals surface area contributed by atoms with E-state index in [9.17, 15) is 4.79 Å². The zero-order valence-corrected chi connectivity index (χ0v) is 12.9. The SMILES string of the molecule is COC(=O)C(N)(CN(C)C1CCOC1C)c1ccccc1. The molecule has 3 unspecified atom stereocenters. The first-order valence-corrected chi connectivity index (χ1v) is 7.23. The van der Waals surface area contributed by atoms with Gasteiger partial charge in [-0.2, -0.15) is 0 Å². The van der Waals surface area contributed by atoms with Crippen molar-refractivity contribution in [3.05, 3.63) is 35.9 Å². The quantitative estimate of drug-likeness (QED) is 0.824. The standard InChI is InChI=1S/C16H24N2O3/c1-12-14(9-10-21-12)18(2)11-16(17,15(19)20-3)13-7-5-4-6-8-13/h4-8,12,14H,9-11,17H2,1-3H3. The van der Waals surface area contributed by atoms with Gasteiger partial charge in [0.05, 0.1) is 13.2 Å². The van der Waals surface area contributed by atoms with Gasteiger partial charge in [-0.15, -0.1) is 0 Å². The van der Waals surface area contributed by atoms with E-state index in [1.165, 1.54) is 7.11 Å². The lowest BCUT2D eigenvalue weighted by atomic mass is 9.89. The first kappa shape index (κ1) is 15.9. The number of ether oxygens (including phenoxy) is 2. The molecule has 5 heteroatoms. The summed E-state index contributed by atoms with van der Waals surface area (Å²) in [5.74, 6) is -0.424. The largest absolute Gasteiger partial charge is 0.467 e. The number of likely N-dealkylation sites (N-methyl/N-ethyl adjacent to an activating group) is 1. The van der Waals surface area contributed by atoms with E-state index in [1.54, 1.807) is 0 Å². The number of carbonyl (C=O) groups is 1. The summed E-state index contributed by atoms with van der Waals surface area (Å²) < 4.78 is 10.5. The predicted molar refractivity (Wildman–Crippen MR) is 80.8 cm³/mol. The number of rotatable bonds is 5. The Bertz CT molecular complexity index is 480. The maximum absolute atomic E-state index is 12.3. The first-order chi connectivity index (χ1) is 9.99. The third kappa shape index (κ3) is 3.26. The highest BCUT2D eigenvalue weighted by Gasteiger charge is 2.41. The van der Waals surface area contributed by atoms with Crippen LogP contribution in [0, 0.1) is 0 Å². The molecule has 1 saturated heterocycles. The molecule has 1 aromatic carbocycles. The van der Waals surface area contributed by atoms with Crippen molar-refractivity contribution in [2.24, 2.45) is 5.73 Å². The minimum absolute atomic E-state index is 0.146. The fourth-order valence-corrected chi connectivity index (χ4v) is 3.00. The van der Waals surface area contributed by atoms with Crippen LogP contribution in [0.4, 0.5) is 0 Å². The molecule has 0 amide bonds. The lowest BCUT2D eigenvalue weighted by molar-refractivity contribution is -0.148.